The lowest BCUT2D eigenvalue weighted by atomic mass is 10.7. The van der Waals surface area contributed by atoms with Crippen LogP contribution >= 0.6 is 0 Å². The lowest BCUT2D eigenvalue weighted by molar-refractivity contribution is 0.170. The molecule has 0 bridgehead atoms. The van der Waals surface area contributed by atoms with Gasteiger partial charge < -0.3 is 10.9 Å². The zero-order valence-electron chi connectivity index (χ0n) is 4.94. The van der Waals surface area contributed by atoms with Crippen molar-refractivity contribution < 1.29 is 5.21 Å². The summed E-state index contributed by atoms with van der Waals surface area (Å²) in [7, 11) is 0. The lowest BCUT2D eigenvalue weighted by Gasteiger charge is -1.84. The normalized spacial score (nSPS) is 6.86. The van der Waals surface area contributed by atoms with E-state index in [2.05, 4.69) is 0 Å². The van der Waals surface area contributed by atoms with Crippen LogP contribution in [-0.4, -0.2) is 18.3 Å². The van der Waals surface area contributed by atoms with Crippen molar-refractivity contribution in [3.63, 3.8) is 0 Å². The maximum atomic E-state index is 7.74. The standard InChI is InChI=1S/C2H8N2O.C2H6/c3-1-2-4-5;1-2/h4-5H,1-3H2;1-2H3. The van der Waals surface area contributed by atoms with Crippen LogP contribution in [0.25, 0.3) is 0 Å². The second kappa shape index (κ2) is 16.9. The minimum atomic E-state index is 0.472. The fourth-order valence-corrected chi connectivity index (χ4v) is 0.0645. The van der Waals surface area contributed by atoms with Gasteiger partial charge in [-0.2, -0.15) is 0 Å². The van der Waals surface area contributed by atoms with Crippen LogP contribution in [0.4, 0.5) is 0 Å². The van der Waals surface area contributed by atoms with Gasteiger partial charge in [0.25, 0.3) is 0 Å². The molecule has 7 heavy (non-hydrogen) atoms. The van der Waals surface area contributed by atoms with E-state index in [-0.39, 0.29) is 0 Å². The van der Waals surface area contributed by atoms with Crippen LogP contribution in [0.2, 0.25) is 0 Å². The first-order valence-electron chi connectivity index (χ1n) is 2.49. The van der Waals surface area contributed by atoms with E-state index < -0.39 is 0 Å². The van der Waals surface area contributed by atoms with E-state index in [1.54, 1.807) is 0 Å². The third-order valence-electron chi connectivity index (χ3n) is 0.256. The van der Waals surface area contributed by atoms with Crippen molar-refractivity contribution in [2.75, 3.05) is 13.1 Å². The summed E-state index contributed by atoms with van der Waals surface area (Å²) in [5, 5.41) is 7.74. The molecule has 3 heteroatoms. The molecular formula is C4H14N2O. The minimum absolute atomic E-state index is 0.472. The van der Waals surface area contributed by atoms with Gasteiger partial charge in [0.1, 0.15) is 0 Å². The van der Waals surface area contributed by atoms with Crippen molar-refractivity contribution in [3.8, 4) is 0 Å². The SMILES string of the molecule is CC.NCCNO. The maximum Gasteiger partial charge on any atom is 0.0330 e. The molecule has 0 saturated heterocycles. The van der Waals surface area contributed by atoms with Crippen LogP contribution < -0.4 is 11.2 Å². The summed E-state index contributed by atoms with van der Waals surface area (Å²) < 4.78 is 0. The summed E-state index contributed by atoms with van der Waals surface area (Å²) in [6, 6.07) is 0. The van der Waals surface area contributed by atoms with E-state index in [9.17, 15) is 0 Å². The molecule has 4 N–H and O–H groups in total. The molecule has 0 spiro atoms. The van der Waals surface area contributed by atoms with Gasteiger partial charge in [0, 0.05) is 13.1 Å². The molecule has 0 heterocycles. The topological polar surface area (TPSA) is 58.3 Å². The molecule has 0 aliphatic carbocycles. The fourth-order valence-electron chi connectivity index (χ4n) is 0.0645. The molecule has 0 aliphatic heterocycles. The zero-order valence-corrected chi connectivity index (χ0v) is 4.94. The van der Waals surface area contributed by atoms with Gasteiger partial charge in [-0.25, -0.2) is 5.48 Å². The van der Waals surface area contributed by atoms with Crippen molar-refractivity contribution in [1.29, 1.82) is 0 Å². The molecule has 0 aromatic carbocycles. The Labute approximate surface area is 44.5 Å². The van der Waals surface area contributed by atoms with Crippen molar-refractivity contribution in [3.05, 3.63) is 0 Å². The summed E-state index contributed by atoms with van der Waals surface area (Å²) in [6.07, 6.45) is 0. The number of nitrogens with two attached hydrogens (primary N) is 1. The summed E-state index contributed by atoms with van der Waals surface area (Å²) in [6.45, 7) is 4.95. The third-order valence-corrected chi connectivity index (χ3v) is 0.256. The monoisotopic (exact) mass is 106 g/mol. The molecule has 0 atom stereocenters. The van der Waals surface area contributed by atoms with E-state index in [4.69, 9.17) is 10.9 Å². The molecule has 46 valence electrons. The average molecular weight is 106 g/mol. The molecular weight excluding hydrogens is 92.1 g/mol. The highest BCUT2D eigenvalue weighted by Gasteiger charge is 1.65. The molecule has 0 fully saturated rings. The first-order chi connectivity index (χ1) is 3.41. The minimum Gasteiger partial charge on any atom is -0.329 e. The van der Waals surface area contributed by atoms with Gasteiger partial charge in [-0.1, -0.05) is 13.8 Å². The molecule has 0 aromatic rings. The van der Waals surface area contributed by atoms with Crippen LogP contribution in [0.5, 0.6) is 0 Å². The molecule has 0 aliphatic rings. The summed E-state index contributed by atoms with van der Waals surface area (Å²) in [4.78, 5) is 0. The number of hydrogen-bond acceptors (Lipinski definition) is 3. The van der Waals surface area contributed by atoms with Gasteiger partial charge in [-0.05, 0) is 0 Å². The van der Waals surface area contributed by atoms with Gasteiger partial charge in [0.05, 0.1) is 0 Å². The van der Waals surface area contributed by atoms with Crippen molar-refractivity contribution in [1.82, 2.24) is 5.48 Å². The summed E-state index contributed by atoms with van der Waals surface area (Å²) in [5.74, 6) is 0. The number of hydrogen-bond donors (Lipinski definition) is 3. The Morgan fingerprint density at radius 3 is 2.00 bits per heavy atom. The highest BCUT2D eigenvalue weighted by molar-refractivity contribution is 4.28. The number of rotatable bonds is 2. The largest absolute Gasteiger partial charge is 0.329 e. The van der Waals surface area contributed by atoms with Gasteiger partial charge in [-0.15, -0.1) is 0 Å². The molecule has 0 rings (SSSR count). The Kier molecular flexibility index (Phi) is 24.1. The van der Waals surface area contributed by atoms with E-state index in [1.165, 1.54) is 0 Å². The average Bonchev–Trinajstić information content (AvgIpc) is 1.75. The van der Waals surface area contributed by atoms with Crippen molar-refractivity contribution in [2.24, 2.45) is 5.73 Å². The molecule has 0 aromatic heterocycles. The van der Waals surface area contributed by atoms with Crippen LogP contribution in [-0.2, 0) is 0 Å². The van der Waals surface area contributed by atoms with Crippen LogP contribution in [0.15, 0.2) is 0 Å². The Balaban J connectivity index is 0. The summed E-state index contributed by atoms with van der Waals surface area (Å²) in [5.41, 5.74) is 6.81. The van der Waals surface area contributed by atoms with Gasteiger partial charge in [0.2, 0.25) is 0 Å². The van der Waals surface area contributed by atoms with Crippen LogP contribution in [0, 0.1) is 0 Å². The molecule has 0 saturated carbocycles. The number of nitrogens with one attached hydrogen (secondary N) is 1. The van der Waals surface area contributed by atoms with Crippen molar-refractivity contribution >= 4 is 0 Å². The fraction of sp³-hybridized carbons (Fsp3) is 1.00. The van der Waals surface area contributed by atoms with E-state index in [0.717, 1.165) is 0 Å². The smallest absolute Gasteiger partial charge is 0.0330 e. The van der Waals surface area contributed by atoms with Gasteiger partial charge in [-0.3, -0.25) is 0 Å². The highest BCUT2D eigenvalue weighted by Crippen LogP contribution is 1.36. The van der Waals surface area contributed by atoms with Gasteiger partial charge in [0.15, 0.2) is 0 Å². The molecule has 0 radical (unpaired) electrons. The maximum absolute atomic E-state index is 7.74. The quantitative estimate of drug-likeness (QED) is 0.432. The Hall–Kier alpha value is -0.120. The van der Waals surface area contributed by atoms with E-state index >= 15 is 0 Å². The predicted octanol–water partition coefficient (Wildman–Crippen LogP) is -0.0499. The second-order valence-corrected chi connectivity index (χ2v) is 0.697. The van der Waals surface area contributed by atoms with Crippen molar-refractivity contribution in [2.45, 2.75) is 13.8 Å². The Morgan fingerprint density at radius 2 is 2.00 bits per heavy atom. The molecule has 3 nitrogen and oxygen atoms in total. The Morgan fingerprint density at radius 1 is 1.57 bits per heavy atom. The van der Waals surface area contributed by atoms with Gasteiger partial charge >= 0.3 is 0 Å². The molecule has 0 unspecified atom stereocenters. The lowest BCUT2D eigenvalue weighted by Crippen LogP contribution is -2.17. The van der Waals surface area contributed by atoms with E-state index in [0.29, 0.717) is 13.1 Å². The number of hydroxylamine groups is 1. The third kappa shape index (κ3) is 25.0. The first-order valence-corrected chi connectivity index (χ1v) is 2.49. The van der Waals surface area contributed by atoms with E-state index in [1.807, 2.05) is 19.3 Å². The highest BCUT2D eigenvalue weighted by atomic mass is 16.5. The first kappa shape index (κ1) is 9.99. The van der Waals surface area contributed by atoms with Crippen LogP contribution in [0.3, 0.4) is 0 Å². The predicted molar refractivity (Wildman–Crippen MR) is 30.2 cm³/mol. The van der Waals surface area contributed by atoms with Crippen LogP contribution in [0.1, 0.15) is 13.8 Å². The zero-order chi connectivity index (χ0) is 6.12. The summed E-state index contributed by atoms with van der Waals surface area (Å²) >= 11 is 0. The second-order valence-electron chi connectivity index (χ2n) is 0.697. The molecule has 0 amide bonds. The Bertz CT molecular complexity index is 17.2.